The third kappa shape index (κ3) is 6.55. The molecule has 0 saturated carbocycles. The lowest BCUT2D eigenvalue weighted by atomic mass is 10.2. The van der Waals surface area contributed by atoms with Gasteiger partial charge in [-0.3, -0.25) is 10.1 Å². The van der Waals surface area contributed by atoms with Crippen LogP contribution in [0.2, 0.25) is 0 Å². The number of methoxy groups -OCH3 is 1. The van der Waals surface area contributed by atoms with Gasteiger partial charge in [0.1, 0.15) is 0 Å². The number of benzene rings is 1. The maximum atomic E-state index is 11.0. The van der Waals surface area contributed by atoms with Crippen molar-refractivity contribution in [3.8, 4) is 5.75 Å². The van der Waals surface area contributed by atoms with Crippen molar-refractivity contribution in [2.24, 2.45) is 0 Å². The predicted molar refractivity (Wildman–Crippen MR) is 81.7 cm³/mol. The summed E-state index contributed by atoms with van der Waals surface area (Å²) in [6.07, 6.45) is 1.68. The number of rotatable bonds is 10. The number of hydrogen-bond donors (Lipinski definition) is 1. The molecular formula is C15H24N2O4. The van der Waals surface area contributed by atoms with Crippen LogP contribution in [-0.4, -0.2) is 31.3 Å². The first-order valence-electron chi connectivity index (χ1n) is 7.17. The molecule has 0 radical (unpaired) electrons. The number of nitrogens with one attached hydrogen (secondary N) is 1. The molecule has 1 N–H and O–H groups in total. The Bertz CT molecular complexity index is 449. The minimum absolute atomic E-state index is 0.00929. The van der Waals surface area contributed by atoms with E-state index in [2.05, 4.69) is 19.2 Å². The highest BCUT2D eigenvalue weighted by molar-refractivity contribution is 5.48. The van der Waals surface area contributed by atoms with Crippen molar-refractivity contribution in [1.82, 2.24) is 5.32 Å². The van der Waals surface area contributed by atoms with Crippen molar-refractivity contribution < 1.29 is 14.4 Å². The van der Waals surface area contributed by atoms with Gasteiger partial charge in [0.15, 0.2) is 5.75 Å². The SMILES string of the molecule is COCCCCOc1cc(CNC(C)C)ccc1[N+](=O)[O-]. The van der Waals surface area contributed by atoms with Crippen molar-refractivity contribution in [1.29, 1.82) is 0 Å². The van der Waals surface area contributed by atoms with Crippen molar-refractivity contribution in [2.75, 3.05) is 20.3 Å². The number of nitrogens with zero attached hydrogens (tertiary/aromatic N) is 1. The molecule has 0 spiro atoms. The highest BCUT2D eigenvalue weighted by atomic mass is 16.6. The third-order valence-corrected chi connectivity index (χ3v) is 2.94. The van der Waals surface area contributed by atoms with Crippen LogP contribution in [0.15, 0.2) is 18.2 Å². The smallest absolute Gasteiger partial charge is 0.310 e. The van der Waals surface area contributed by atoms with Crippen LogP contribution in [0, 0.1) is 10.1 Å². The van der Waals surface area contributed by atoms with Crippen LogP contribution in [-0.2, 0) is 11.3 Å². The Balaban J connectivity index is 2.67. The second-order valence-corrected chi connectivity index (χ2v) is 5.14. The zero-order valence-electron chi connectivity index (χ0n) is 12.9. The van der Waals surface area contributed by atoms with Crippen molar-refractivity contribution in [3.63, 3.8) is 0 Å². The largest absolute Gasteiger partial charge is 0.487 e. The van der Waals surface area contributed by atoms with E-state index in [1.54, 1.807) is 19.2 Å². The molecule has 118 valence electrons. The molecule has 21 heavy (non-hydrogen) atoms. The van der Waals surface area contributed by atoms with Crippen molar-refractivity contribution >= 4 is 5.69 Å². The van der Waals surface area contributed by atoms with Gasteiger partial charge in [0.25, 0.3) is 0 Å². The van der Waals surface area contributed by atoms with Gasteiger partial charge in [-0.2, -0.15) is 0 Å². The summed E-state index contributed by atoms with van der Waals surface area (Å²) >= 11 is 0. The lowest BCUT2D eigenvalue weighted by Gasteiger charge is -2.11. The number of nitro benzene ring substituents is 1. The van der Waals surface area contributed by atoms with E-state index < -0.39 is 4.92 Å². The molecule has 6 nitrogen and oxygen atoms in total. The van der Waals surface area contributed by atoms with Crippen LogP contribution in [0.1, 0.15) is 32.3 Å². The normalized spacial score (nSPS) is 10.9. The van der Waals surface area contributed by atoms with Crippen LogP contribution in [0.25, 0.3) is 0 Å². The Hall–Kier alpha value is -1.66. The van der Waals surface area contributed by atoms with Crippen molar-refractivity contribution in [2.45, 2.75) is 39.3 Å². The molecule has 1 aromatic rings. The fraction of sp³-hybridized carbons (Fsp3) is 0.600. The molecule has 0 amide bonds. The molecule has 0 saturated heterocycles. The van der Waals surface area contributed by atoms with Crippen LogP contribution in [0.4, 0.5) is 5.69 Å². The van der Waals surface area contributed by atoms with Gasteiger partial charge in [-0.05, 0) is 24.5 Å². The molecule has 0 atom stereocenters. The second kappa shape index (κ2) is 9.31. The first-order valence-corrected chi connectivity index (χ1v) is 7.17. The molecular weight excluding hydrogens is 272 g/mol. The summed E-state index contributed by atoms with van der Waals surface area (Å²) in [4.78, 5) is 10.6. The molecule has 0 unspecified atom stereocenters. The van der Waals surface area contributed by atoms with E-state index in [4.69, 9.17) is 9.47 Å². The minimum atomic E-state index is -0.413. The van der Waals surface area contributed by atoms with Gasteiger partial charge in [0.05, 0.1) is 11.5 Å². The number of nitro groups is 1. The zero-order chi connectivity index (χ0) is 15.7. The third-order valence-electron chi connectivity index (χ3n) is 2.94. The molecule has 0 aliphatic carbocycles. The van der Waals surface area contributed by atoms with E-state index in [1.165, 1.54) is 6.07 Å². The fourth-order valence-corrected chi connectivity index (χ4v) is 1.79. The summed E-state index contributed by atoms with van der Waals surface area (Å²) in [7, 11) is 1.65. The topological polar surface area (TPSA) is 73.6 Å². The van der Waals surface area contributed by atoms with Crippen molar-refractivity contribution in [3.05, 3.63) is 33.9 Å². The van der Waals surface area contributed by atoms with E-state index in [1.807, 2.05) is 0 Å². The Labute approximate surface area is 125 Å². The standard InChI is InChI=1S/C15H24N2O4/c1-12(2)16-11-13-6-7-14(17(18)19)15(10-13)21-9-5-4-8-20-3/h6-7,10,12,16H,4-5,8-9,11H2,1-3H3. The molecule has 0 fully saturated rings. The lowest BCUT2D eigenvalue weighted by Crippen LogP contribution is -2.21. The zero-order valence-corrected chi connectivity index (χ0v) is 12.9. The van der Waals surface area contributed by atoms with E-state index >= 15 is 0 Å². The summed E-state index contributed by atoms with van der Waals surface area (Å²) < 4.78 is 10.5. The number of unbranched alkanes of at least 4 members (excludes halogenated alkanes) is 1. The average Bonchev–Trinajstić information content (AvgIpc) is 2.44. The van der Waals surface area contributed by atoms with Gasteiger partial charge in [0.2, 0.25) is 0 Å². The Morgan fingerprint density at radius 2 is 2.00 bits per heavy atom. The molecule has 0 aromatic heterocycles. The van der Waals surface area contributed by atoms with E-state index in [0.717, 1.165) is 18.4 Å². The van der Waals surface area contributed by atoms with Crippen LogP contribution >= 0.6 is 0 Å². The van der Waals surface area contributed by atoms with E-state index in [0.29, 0.717) is 31.5 Å². The molecule has 0 bridgehead atoms. The highest BCUT2D eigenvalue weighted by Crippen LogP contribution is 2.28. The van der Waals surface area contributed by atoms with Gasteiger partial charge in [-0.25, -0.2) is 0 Å². The van der Waals surface area contributed by atoms with Gasteiger partial charge in [-0.15, -0.1) is 0 Å². The molecule has 0 aliphatic heterocycles. The fourth-order valence-electron chi connectivity index (χ4n) is 1.79. The molecule has 0 heterocycles. The number of hydrogen-bond acceptors (Lipinski definition) is 5. The van der Waals surface area contributed by atoms with Gasteiger partial charge < -0.3 is 14.8 Å². The summed E-state index contributed by atoms with van der Waals surface area (Å²) in [5.41, 5.74) is 0.983. The summed E-state index contributed by atoms with van der Waals surface area (Å²) in [5.74, 6) is 0.334. The number of ether oxygens (including phenoxy) is 2. The molecule has 0 aliphatic rings. The summed E-state index contributed by atoms with van der Waals surface area (Å²) in [6, 6.07) is 5.36. The maximum absolute atomic E-state index is 11.0. The Morgan fingerprint density at radius 3 is 2.62 bits per heavy atom. The molecule has 1 aromatic carbocycles. The maximum Gasteiger partial charge on any atom is 0.310 e. The molecule has 1 rings (SSSR count). The van der Waals surface area contributed by atoms with Gasteiger partial charge >= 0.3 is 5.69 Å². The summed E-state index contributed by atoms with van der Waals surface area (Å²) in [5, 5.41) is 14.3. The summed E-state index contributed by atoms with van der Waals surface area (Å²) in [6.45, 7) is 5.89. The monoisotopic (exact) mass is 296 g/mol. The van der Waals surface area contributed by atoms with Crippen LogP contribution in [0.5, 0.6) is 5.75 Å². The lowest BCUT2D eigenvalue weighted by molar-refractivity contribution is -0.385. The second-order valence-electron chi connectivity index (χ2n) is 5.14. The predicted octanol–water partition coefficient (Wildman–Crippen LogP) is 2.90. The van der Waals surface area contributed by atoms with Crippen LogP contribution in [0.3, 0.4) is 0 Å². The minimum Gasteiger partial charge on any atom is -0.487 e. The van der Waals surface area contributed by atoms with E-state index in [-0.39, 0.29) is 5.69 Å². The Morgan fingerprint density at radius 1 is 1.29 bits per heavy atom. The van der Waals surface area contributed by atoms with Gasteiger partial charge in [-0.1, -0.05) is 19.9 Å². The van der Waals surface area contributed by atoms with Crippen LogP contribution < -0.4 is 10.1 Å². The highest BCUT2D eigenvalue weighted by Gasteiger charge is 2.15. The van der Waals surface area contributed by atoms with E-state index in [9.17, 15) is 10.1 Å². The first-order chi connectivity index (χ1) is 10.0. The first kappa shape index (κ1) is 17.4. The molecule has 6 heteroatoms. The average molecular weight is 296 g/mol. The quantitative estimate of drug-likeness (QED) is 0.408. The Kier molecular flexibility index (Phi) is 7.71. The van der Waals surface area contributed by atoms with Gasteiger partial charge in [0, 0.05) is 32.4 Å².